The van der Waals surface area contributed by atoms with Crippen LogP contribution in [0.25, 0.3) is 10.9 Å². The summed E-state index contributed by atoms with van der Waals surface area (Å²) in [5.74, 6) is -0.639. The van der Waals surface area contributed by atoms with E-state index in [1.54, 1.807) is 24.3 Å². The van der Waals surface area contributed by atoms with Crippen molar-refractivity contribution in [2.45, 2.75) is 50.5 Å². The smallest absolute Gasteiger partial charge is 0.408 e. The van der Waals surface area contributed by atoms with Gasteiger partial charge in [-0.1, -0.05) is 54.6 Å². The molecule has 4 heterocycles. The molecule has 57 heavy (non-hydrogen) atoms. The van der Waals surface area contributed by atoms with Gasteiger partial charge in [0.2, 0.25) is 5.56 Å². The first-order chi connectivity index (χ1) is 27.7. The lowest BCUT2D eigenvalue weighted by Crippen LogP contribution is -2.52. The summed E-state index contributed by atoms with van der Waals surface area (Å²) in [5, 5.41) is 27.5. The Hall–Kier alpha value is -5.76. The highest BCUT2D eigenvalue weighted by Crippen LogP contribution is 2.31. The van der Waals surface area contributed by atoms with Crippen molar-refractivity contribution >= 4 is 23.0 Å². The third kappa shape index (κ3) is 9.98. The van der Waals surface area contributed by atoms with Gasteiger partial charge in [0.05, 0.1) is 29.8 Å². The highest BCUT2D eigenvalue weighted by molar-refractivity contribution is 5.89. The maximum Gasteiger partial charge on any atom is 0.408 e. The predicted molar refractivity (Wildman–Crippen MR) is 212 cm³/mol. The SMILES string of the molecule is O=C(NC(c1ccccc1)c1cccc(OCc2ccc(C(=O)OCCCCNC[C@H](O)c3ccc(O)c4[nH]c(=O)ccc34)c(F)c2)c1)O[C@H]1CN2CCC1CC2. The maximum atomic E-state index is 15.1. The average molecular weight is 779 g/mol. The number of pyridine rings is 1. The zero-order valence-electron chi connectivity index (χ0n) is 31.5. The highest BCUT2D eigenvalue weighted by Gasteiger charge is 2.37. The Morgan fingerprint density at radius 1 is 0.930 bits per heavy atom. The van der Waals surface area contributed by atoms with Crippen LogP contribution in [0.15, 0.2) is 102 Å². The van der Waals surface area contributed by atoms with E-state index in [0.29, 0.717) is 47.6 Å². The summed E-state index contributed by atoms with van der Waals surface area (Å²) >= 11 is 0. The number of H-pyrrole nitrogens is 1. The third-order valence-corrected chi connectivity index (χ3v) is 10.7. The molecule has 0 aliphatic carbocycles. The van der Waals surface area contributed by atoms with Crippen molar-refractivity contribution in [3.63, 3.8) is 0 Å². The van der Waals surface area contributed by atoms with Crippen LogP contribution in [0.4, 0.5) is 9.18 Å². The van der Waals surface area contributed by atoms with Crippen molar-refractivity contribution in [3.05, 3.63) is 141 Å². The van der Waals surface area contributed by atoms with E-state index in [0.717, 1.165) is 43.6 Å². The van der Waals surface area contributed by atoms with Gasteiger partial charge in [-0.2, -0.15) is 0 Å². The molecule has 3 aliphatic rings. The second-order valence-electron chi connectivity index (χ2n) is 14.6. The van der Waals surface area contributed by atoms with Crippen molar-refractivity contribution < 1.29 is 38.4 Å². The number of halogens is 1. The van der Waals surface area contributed by atoms with Gasteiger partial charge in [-0.15, -0.1) is 0 Å². The molecule has 8 rings (SSSR count). The number of nitrogens with one attached hydrogen (secondary N) is 3. The number of aliphatic hydroxyl groups is 1. The molecule has 1 aromatic heterocycles. The number of carbonyl (C=O) groups is 2. The number of piperidine rings is 3. The molecule has 0 radical (unpaired) electrons. The van der Waals surface area contributed by atoms with Crippen molar-refractivity contribution in [2.75, 3.05) is 39.3 Å². The Morgan fingerprint density at radius 3 is 2.51 bits per heavy atom. The van der Waals surface area contributed by atoms with Crippen LogP contribution in [-0.2, 0) is 16.1 Å². The quantitative estimate of drug-likeness (QED) is 0.0583. The Bertz CT molecular complexity index is 2230. The van der Waals surface area contributed by atoms with Crippen molar-refractivity contribution in [2.24, 2.45) is 5.92 Å². The first-order valence-corrected chi connectivity index (χ1v) is 19.4. The standard InChI is InChI=1S/C44H47FN4O8/c45-36-23-28(11-12-35(36)43(53)55-22-5-4-19-46-25-38(51)33-13-15-37(50)42-34(33)14-16-40(52)47-42)27-56-32-10-6-9-31(24-32)41(30-7-2-1-3-8-30)48-44(54)57-39-26-49-20-17-29(39)18-21-49/h1-3,6-16,23-24,29,38-39,41,46,50-51H,4-5,17-22,25-27H2,(H,47,52)(H,48,54)/t38-,39-,41?/m0/s1. The number of fused-ring (bicyclic) bond motifs is 4. The van der Waals surface area contributed by atoms with E-state index >= 15 is 4.39 Å². The minimum atomic E-state index is -0.885. The van der Waals surface area contributed by atoms with E-state index in [1.165, 1.54) is 24.3 Å². The minimum Gasteiger partial charge on any atom is -0.506 e. The lowest BCUT2D eigenvalue weighted by Gasteiger charge is -2.43. The molecule has 3 saturated heterocycles. The molecule has 1 amide bonds. The second kappa shape index (κ2) is 18.5. The molecular formula is C44H47FN4O8. The molecule has 4 aromatic carbocycles. The maximum absolute atomic E-state index is 15.1. The topological polar surface area (TPSA) is 162 Å². The van der Waals surface area contributed by atoms with E-state index < -0.39 is 30.0 Å². The normalized spacial score (nSPS) is 18.5. The van der Waals surface area contributed by atoms with Gasteiger partial charge >= 0.3 is 12.1 Å². The number of aromatic nitrogens is 1. The molecule has 3 atom stereocenters. The van der Waals surface area contributed by atoms with Gasteiger partial charge in [0.15, 0.2) is 0 Å². The average Bonchev–Trinajstić information content (AvgIpc) is 3.22. The molecule has 3 fully saturated rings. The summed E-state index contributed by atoms with van der Waals surface area (Å²) in [7, 11) is 0. The fraction of sp³-hybridized carbons (Fsp3) is 0.341. The number of phenolic OH excluding ortho intramolecular Hbond substituents is 1. The van der Waals surface area contributed by atoms with Crippen LogP contribution in [-0.4, -0.2) is 77.6 Å². The van der Waals surface area contributed by atoms with Crippen molar-refractivity contribution in [1.29, 1.82) is 0 Å². The van der Waals surface area contributed by atoms with E-state index in [9.17, 15) is 24.6 Å². The van der Waals surface area contributed by atoms with Gasteiger partial charge in [0.1, 0.15) is 30.0 Å². The number of unbranched alkanes of at least 4 members (excludes halogenated alkanes) is 1. The fourth-order valence-electron chi connectivity index (χ4n) is 7.60. The number of aromatic amines is 1. The number of hydrogen-bond donors (Lipinski definition) is 5. The zero-order chi connectivity index (χ0) is 39.7. The second-order valence-corrected chi connectivity index (χ2v) is 14.6. The molecule has 2 bridgehead atoms. The van der Waals surface area contributed by atoms with E-state index in [4.69, 9.17) is 14.2 Å². The Morgan fingerprint density at radius 2 is 1.74 bits per heavy atom. The minimum absolute atomic E-state index is 0.0466. The number of nitrogens with zero attached hydrogens (tertiary/aromatic N) is 1. The monoisotopic (exact) mass is 778 g/mol. The molecule has 0 saturated carbocycles. The van der Waals surface area contributed by atoms with Crippen LogP contribution in [0.1, 0.15) is 70.4 Å². The summed E-state index contributed by atoms with van der Waals surface area (Å²) in [5.41, 5.74) is 2.51. The summed E-state index contributed by atoms with van der Waals surface area (Å²) < 4.78 is 32.4. The number of aromatic hydroxyl groups is 1. The van der Waals surface area contributed by atoms with E-state index in [-0.39, 0.29) is 48.3 Å². The number of carbonyl (C=O) groups excluding carboxylic acids is 2. The number of esters is 1. The molecule has 12 nitrogen and oxygen atoms in total. The summed E-state index contributed by atoms with van der Waals surface area (Å²) in [6.45, 7) is 3.78. The lowest BCUT2D eigenvalue weighted by atomic mass is 9.86. The Kier molecular flexibility index (Phi) is 12.8. The molecule has 13 heteroatoms. The molecule has 5 aromatic rings. The number of amides is 1. The number of hydrogen-bond acceptors (Lipinski definition) is 10. The molecule has 3 aliphatic heterocycles. The van der Waals surface area contributed by atoms with Crippen LogP contribution < -0.4 is 20.9 Å². The third-order valence-electron chi connectivity index (χ3n) is 10.7. The molecular weight excluding hydrogens is 732 g/mol. The first-order valence-electron chi connectivity index (χ1n) is 19.4. The van der Waals surface area contributed by atoms with E-state index in [1.807, 2.05) is 48.5 Å². The Balaban J connectivity index is 0.862. The van der Waals surface area contributed by atoms with Gasteiger partial charge in [-0.05, 0) is 110 Å². The summed E-state index contributed by atoms with van der Waals surface area (Å²) in [6.07, 6.45) is 1.77. The number of benzene rings is 4. The number of aliphatic hydroxyl groups excluding tert-OH is 1. The van der Waals surface area contributed by atoms with Gasteiger partial charge in [-0.3, -0.25) is 9.69 Å². The van der Waals surface area contributed by atoms with Gasteiger partial charge in [0.25, 0.3) is 0 Å². The van der Waals surface area contributed by atoms with Crippen LogP contribution in [0.3, 0.4) is 0 Å². The molecule has 5 N–H and O–H groups in total. The Labute approximate surface area is 329 Å². The largest absolute Gasteiger partial charge is 0.506 e. The highest BCUT2D eigenvalue weighted by atomic mass is 19.1. The predicted octanol–water partition coefficient (Wildman–Crippen LogP) is 6.12. The van der Waals surface area contributed by atoms with Crippen LogP contribution >= 0.6 is 0 Å². The summed E-state index contributed by atoms with van der Waals surface area (Å²) in [4.78, 5) is 42.4. The van der Waals surface area contributed by atoms with Crippen molar-refractivity contribution in [1.82, 2.24) is 20.5 Å². The lowest BCUT2D eigenvalue weighted by molar-refractivity contribution is -0.0336. The molecule has 298 valence electrons. The van der Waals surface area contributed by atoms with Crippen LogP contribution in [0.5, 0.6) is 11.5 Å². The van der Waals surface area contributed by atoms with Crippen LogP contribution in [0, 0.1) is 11.7 Å². The molecule has 1 unspecified atom stereocenters. The van der Waals surface area contributed by atoms with Gasteiger partial charge in [-0.25, -0.2) is 14.0 Å². The molecule has 0 spiro atoms. The van der Waals surface area contributed by atoms with Crippen LogP contribution in [0.2, 0.25) is 0 Å². The number of phenols is 1. The first kappa shape index (κ1) is 39.5. The zero-order valence-corrected chi connectivity index (χ0v) is 31.5. The number of alkyl carbamates (subject to hydrolysis) is 1. The summed E-state index contributed by atoms with van der Waals surface area (Å²) in [6, 6.07) is 26.7. The van der Waals surface area contributed by atoms with E-state index in [2.05, 4.69) is 20.5 Å². The number of ether oxygens (including phenoxy) is 3. The van der Waals surface area contributed by atoms with Gasteiger partial charge < -0.3 is 40.0 Å². The van der Waals surface area contributed by atoms with Gasteiger partial charge in [0, 0.05) is 24.5 Å². The van der Waals surface area contributed by atoms with Crippen molar-refractivity contribution in [3.8, 4) is 11.5 Å². The fourth-order valence-corrected chi connectivity index (χ4v) is 7.60. The number of rotatable bonds is 16.